The highest BCUT2D eigenvalue weighted by atomic mass is 79.9. The SMILES string of the molecule is C#CC(C)NCc1cc(Br)ccc1O. The van der Waals surface area contributed by atoms with Crippen molar-refractivity contribution in [1.29, 1.82) is 0 Å². The zero-order valence-electron chi connectivity index (χ0n) is 7.92. The zero-order chi connectivity index (χ0) is 10.6. The molecule has 0 aliphatic heterocycles. The Morgan fingerprint density at radius 2 is 2.36 bits per heavy atom. The second kappa shape index (κ2) is 5.04. The van der Waals surface area contributed by atoms with Crippen LogP contribution in [-0.2, 0) is 6.54 Å². The lowest BCUT2D eigenvalue weighted by atomic mass is 10.2. The quantitative estimate of drug-likeness (QED) is 0.811. The number of nitrogens with one attached hydrogen (secondary N) is 1. The average Bonchev–Trinajstić information content (AvgIpc) is 2.19. The number of hydrogen-bond acceptors (Lipinski definition) is 2. The maximum absolute atomic E-state index is 9.51. The first-order valence-corrected chi connectivity index (χ1v) is 5.09. The van der Waals surface area contributed by atoms with Gasteiger partial charge in [-0.05, 0) is 25.1 Å². The van der Waals surface area contributed by atoms with Gasteiger partial charge < -0.3 is 5.11 Å². The Morgan fingerprint density at radius 3 is 3.00 bits per heavy atom. The van der Waals surface area contributed by atoms with Crippen LogP contribution in [0.3, 0.4) is 0 Å². The molecule has 0 spiro atoms. The van der Waals surface area contributed by atoms with Crippen LogP contribution < -0.4 is 5.32 Å². The number of aromatic hydroxyl groups is 1. The van der Waals surface area contributed by atoms with E-state index in [-0.39, 0.29) is 11.8 Å². The number of terminal acetylenes is 1. The predicted molar refractivity (Wildman–Crippen MR) is 60.9 cm³/mol. The van der Waals surface area contributed by atoms with Gasteiger partial charge in [0, 0.05) is 16.6 Å². The Balaban J connectivity index is 2.67. The van der Waals surface area contributed by atoms with Crippen molar-refractivity contribution in [3.63, 3.8) is 0 Å². The summed E-state index contributed by atoms with van der Waals surface area (Å²) in [5.41, 5.74) is 0.835. The van der Waals surface area contributed by atoms with E-state index >= 15 is 0 Å². The fourth-order valence-corrected chi connectivity index (χ4v) is 1.43. The van der Waals surface area contributed by atoms with Gasteiger partial charge in [-0.2, -0.15) is 0 Å². The number of phenols is 1. The fourth-order valence-electron chi connectivity index (χ4n) is 1.02. The van der Waals surface area contributed by atoms with Gasteiger partial charge in [-0.15, -0.1) is 6.42 Å². The van der Waals surface area contributed by atoms with Gasteiger partial charge >= 0.3 is 0 Å². The normalized spacial score (nSPS) is 12.1. The molecule has 0 aliphatic carbocycles. The lowest BCUT2D eigenvalue weighted by Gasteiger charge is -2.09. The van der Waals surface area contributed by atoms with Crippen molar-refractivity contribution in [2.75, 3.05) is 0 Å². The van der Waals surface area contributed by atoms with Gasteiger partial charge in [-0.1, -0.05) is 21.9 Å². The second-order valence-electron chi connectivity index (χ2n) is 3.04. The maximum atomic E-state index is 9.51. The summed E-state index contributed by atoms with van der Waals surface area (Å²) < 4.78 is 0.945. The highest BCUT2D eigenvalue weighted by molar-refractivity contribution is 9.10. The fraction of sp³-hybridized carbons (Fsp3) is 0.273. The minimum Gasteiger partial charge on any atom is -0.508 e. The highest BCUT2D eigenvalue weighted by Crippen LogP contribution is 2.21. The third kappa shape index (κ3) is 3.06. The van der Waals surface area contributed by atoms with Crippen molar-refractivity contribution < 1.29 is 5.11 Å². The van der Waals surface area contributed by atoms with E-state index in [1.54, 1.807) is 12.1 Å². The second-order valence-corrected chi connectivity index (χ2v) is 3.96. The van der Waals surface area contributed by atoms with E-state index < -0.39 is 0 Å². The van der Waals surface area contributed by atoms with Gasteiger partial charge in [-0.25, -0.2) is 0 Å². The van der Waals surface area contributed by atoms with Crippen molar-refractivity contribution in [3.8, 4) is 18.1 Å². The number of rotatable bonds is 3. The standard InChI is InChI=1S/C11H12BrNO/c1-3-8(2)13-7-9-6-10(12)4-5-11(9)14/h1,4-6,8,13-14H,7H2,2H3. The first kappa shape index (κ1) is 11.1. The average molecular weight is 254 g/mol. The van der Waals surface area contributed by atoms with Crippen LogP contribution in [-0.4, -0.2) is 11.1 Å². The molecule has 0 fully saturated rings. The molecular weight excluding hydrogens is 242 g/mol. The maximum Gasteiger partial charge on any atom is 0.120 e. The topological polar surface area (TPSA) is 32.3 Å². The zero-order valence-corrected chi connectivity index (χ0v) is 9.51. The molecule has 1 rings (SSSR count). The molecule has 0 saturated carbocycles. The van der Waals surface area contributed by atoms with Crippen molar-refractivity contribution in [1.82, 2.24) is 5.32 Å². The molecule has 1 aromatic carbocycles. The van der Waals surface area contributed by atoms with Crippen LogP contribution in [0.2, 0.25) is 0 Å². The van der Waals surface area contributed by atoms with Gasteiger partial charge in [-0.3, -0.25) is 5.32 Å². The van der Waals surface area contributed by atoms with Gasteiger partial charge in [0.25, 0.3) is 0 Å². The summed E-state index contributed by atoms with van der Waals surface area (Å²) in [6, 6.07) is 5.32. The molecule has 0 amide bonds. The Hall–Kier alpha value is -0.980. The van der Waals surface area contributed by atoms with Crippen LogP contribution in [0.25, 0.3) is 0 Å². The summed E-state index contributed by atoms with van der Waals surface area (Å²) in [7, 11) is 0. The molecule has 0 radical (unpaired) electrons. The van der Waals surface area contributed by atoms with E-state index in [0.29, 0.717) is 6.54 Å². The minimum absolute atomic E-state index is 0.00776. The van der Waals surface area contributed by atoms with Crippen LogP contribution in [0.5, 0.6) is 5.75 Å². The van der Waals surface area contributed by atoms with Gasteiger partial charge in [0.15, 0.2) is 0 Å². The van der Waals surface area contributed by atoms with E-state index in [1.807, 2.05) is 13.0 Å². The molecule has 14 heavy (non-hydrogen) atoms. The summed E-state index contributed by atoms with van der Waals surface area (Å²) in [6.45, 7) is 2.46. The largest absolute Gasteiger partial charge is 0.508 e. The number of halogens is 1. The molecule has 0 heterocycles. The van der Waals surface area contributed by atoms with Crippen LogP contribution in [0.1, 0.15) is 12.5 Å². The van der Waals surface area contributed by atoms with E-state index in [0.717, 1.165) is 10.0 Å². The van der Waals surface area contributed by atoms with Crippen molar-refractivity contribution in [3.05, 3.63) is 28.2 Å². The molecular formula is C11H12BrNO. The Bertz CT molecular complexity index is 357. The lowest BCUT2D eigenvalue weighted by molar-refractivity contribution is 0.463. The molecule has 1 unspecified atom stereocenters. The van der Waals surface area contributed by atoms with Crippen LogP contribution in [0, 0.1) is 12.3 Å². The van der Waals surface area contributed by atoms with Gasteiger partial charge in [0.2, 0.25) is 0 Å². The minimum atomic E-state index is 0.00776. The predicted octanol–water partition coefficient (Wildman–Crippen LogP) is 2.27. The summed E-state index contributed by atoms with van der Waals surface area (Å²) in [5, 5.41) is 12.6. The summed E-state index contributed by atoms with van der Waals surface area (Å²) in [5.74, 6) is 2.85. The number of hydrogen-bond donors (Lipinski definition) is 2. The molecule has 2 nitrogen and oxygen atoms in total. The van der Waals surface area contributed by atoms with E-state index in [2.05, 4.69) is 27.2 Å². The van der Waals surface area contributed by atoms with Crippen molar-refractivity contribution in [2.45, 2.75) is 19.5 Å². The molecule has 3 heteroatoms. The van der Waals surface area contributed by atoms with Crippen LogP contribution >= 0.6 is 15.9 Å². The smallest absolute Gasteiger partial charge is 0.120 e. The molecule has 0 bridgehead atoms. The summed E-state index contributed by atoms with van der Waals surface area (Å²) in [4.78, 5) is 0. The molecule has 0 saturated heterocycles. The van der Waals surface area contributed by atoms with Crippen LogP contribution in [0.15, 0.2) is 22.7 Å². The van der Waals surface area contributed by atoms with Crippen molar-refractivity contribution in [2.24, 2.45) is 0 Å². The molecule has 74 valence electrons. The van der Waals surface area contributed by atoms with E-state index in [1.165, 1.54) is 0 Å². The first-order chi connectivity index (χ1) is 6.63. The lowest BCUT2D eigenvalue weighted by Crippen LogP contribution is -2.23. The van der Waals surface area contributed by atoms with Gasteiger partial charge in [0.1, 0.15) is 5.75 Å². The third-order valence-electron chi connectivity index (χ3n) is 1.89. The van der Waals surface area contributed by atoms with E-state index in [4.69, 9.17) is 6.42 Å². The molecule has 0 aromatic heterocycles. The van der Waals surface area contributed by atoms with Gasteiger partial charge in [0.05, 0.1) is 6.04 Å². The molecule has 1 atom stereocenters. The van der Waals surface area contributed by atoms with Crippen LogP contribution in [0.4, 0.5) is 0 Å². The molecule has 1 aromatic rings. The number of benzene rings is 1. The highest BCUT2D eigenvalue weighted by Gasteiger charge is 2.02. The monoisotopic (exact) mass is 253 g/mol. The summed E-state index contributed by atoms with van der Waals surface area (Å²) in [6.07, 6.45) is 5.22. The number of phenolic OH excluding ortho intramolecular Hbond substituents is 1. The Labute approximate surface area is 92.5 Å². The third-order valence-corrected chi connectivity index (χ3v) is 2.38. The molecule has 2 N–H and O–H groups in total. The van der Waals surface area contributed by atoms with Crippen molar-refractivity contribution >= 4 is 15.9 Å². The molecule has 0 aliphatic rings. The van der Waals surface area contributed by atoms with E-state index in [9.17, 15) is 5.11 Å². The Kier molecular flexibility index (Phi) is 3.99. The summed E-state index contributed by atoms with van der Waals surface area (Å²) >= 11 is 3.34. The first-order valence-electron chi connectivity index (χ1n) is 4.30. The Morgan fingerprint density at radius 1 is 1.64 bits per heavy atom.